The molecule has 0 amide bonds. The number of rotatable bonds is 10. The highest BCUT2D eigenvalue weighted by molar-refractivity contribution is 5.79. The molecule has 2 heteroatoms. The van der Waals surface area contributed by atoms with Crippen LogP contribution in [-0.2, 0) is 4.79 Å². The molecule has 0 aromatic carbocycles. The maximum Gasteiger partial charge on any atom is 0.129 e. The summed E-state index contributed by atoms with van der Waals surface area (Å²) in [6, 6.07) is 0. The number of allylic oxidation sites excluding steroid dienone is 3. The molecule has 25 heavy (non-hydrogen) atoms. The molecule has 0 rings (SSSR count). The Hall–Kier alpha value is -1.40. The SMILES string of the molecule is C=C=C(C)N=C/C(=C\C)CC.CC.CCCC(CCC)CCC(C)=O. The molecule has 2 nitrogen and oxygen atoms in total. The monoisotopic (exact) mass is 349 g/mol. The van der Waals surface area contributed by atoms with E-state index >= 15 is 0 Å². The van der Waals surface area contributed by atoms with Crippen molar-refractivity contribution in [3.05, 3.63) is 29.7 Å². The molecule has 0 saturated heterocycles. The normalized spacial score (nSPS) is 10.5. The Balaban J connectivity index is -0.000000353. The lowest BCUT2D eigenvalue weighted by molar-refractivity contribution is -0.117. The number of aliphatic imine (C=N–C) groups is 1. The maximum atomic E-state index is 10.8. The van der Waals surface area contributed by atoms with Gasteiger partial charge in [-0.05, 0) is 45.1 Å². The Bertz CT molecular complexity index is 406. The smallest absolute Gasteiger partial charge is 0.129 e. The number of hydrogen-bond acceptors (Lipinski definition) is 2. The fourth-order valence-corrected chi connectivity index (χ4v) is 2.25. The van der Waals surface area contributed by atoms with E-state index in [0.29, 0.717) is 5.78 Å². The number of carbonyl (C=O) groups excluding carboxylic acids is 1. The standard InChI is InChI=1S/C11H22O.C10H15N.C2H6/c1-4-6-11(7-5-2)9-8-10(3)12;1-5-9(4)11-8-10(6-2)7-3;1-2/h11H,4-9H2,1-3H3;6,8H,1,7H2,2-4H3;1-2H3/b;10-6-,11-8?;. The summed E-state index contributed by atoms with van der Waals surface area (Å²) in [6.45, 7) is 19.6. The second-order valence-electron chi connectivity index (χ2n) is 5.92. The summed E-state index contributed by atoms with van der Waals surface area (Å²) in [4.78, 5) is 14.9. The van der Waals surface area contributed by atoms with Crippen LogP contribution in [-0.4, -0.2) is 12.0 Å². The van der Waals surface area contributed by atoms with E-state index in [0.717, 1.165) is 30.9 Å². The maximum absolute atomic E-state index is 10.8. The first-order valence-corrected chi connectivity index (χ1v) is 10.00. The third-order valence-electron chi connectivity index (χ3n) is 3.76. The molecule has 0 radical (unpaired) electrons. The molecule has 0 atom stereocenters. The van der Waals surface area contributed by atoms with Crippen molar-refractivity contribution < 1.29 is 4.79 Å². The zero-order valence-electron chi connectivity index (χ0n) is 18.2. The van der Waals surface area contributed by atoms with Crippen molar-refractivity contribution in [3.8, 4) is 0 Å². The minimum Gasteiger partial charge on any atom is -0.300 e. The van der Waals surface area contributed by atoms with Crippen LogP contribution in [0.15, 0.2) is 34.6 Å². The molecule has 0 spiro atoms. The van der Waals surface area contributed by atoms with Gasteiger partial charge < -0.3 is 4.79 Å². The van der Waals surface area contributed by atoms with E-state index in [-0.39, 0.29) is 0 Å². The van der Waals surface area contributed by atoms with Crippen LogP contribution in [0, 0.1) is 5.92 Å². The molecule has 0 aliphatic carbocycles. The molecule has 0 bridgehead atoms. The van der Waals surface area contributed by atoms with Crippen LogP contribution in [0.3, 0.4) is 0 Å². The van der Waals surface area contributed by atoms with Gasteiger partial charge in [0, 0.05) is 12.6 Å². The highest BCUT2D eigenvalue weighted by atomic mass is 16.1. The van der Waals surface area contributed by atoms with Crippen LogP contribution in [0.25, 0.3) is 0 Å². The molecule has 0 heterocycles. The van der Waals surface area contributed by atoms with Gasteiger partial charge in [0.05, 0.1) is 5.70 Å². The summed E-state index contributed by atoms with van der Waals surface area (Å²) < 4.78 is 0. The summed E-state index contributed by atoms with van der Waals surface area (Å²) in [5.74, 6) is 1.14. The van der Waals surface area contributed by atoms with Gasteiger partial charge in [0.15, 0.2) is 0 Å². The highest BCUT2D eigenvalue weighted by Crippen LogP contribution is 2.19. The van der Waals surface area contributed by atoms with Gasteiger partial charge in [0.25, 0.3) is 0 Å². The van der Waals surface area contributed by atoms with Crippen molar-refractivity contribution in [2.24, 2.45) is 10.9 Å². The van der Waals surface area contributed by atoms with E-state index in [1.807, 2.05) is 33.9 Å². The number of hydrogen-bond donors (Lipinski definition) is 0. The van der Waals surface area contributed by atoms with Gasteiger partial charge in [-0.1, -0.05) is 73.0 Å². The van der Waals surface area contributed by atoms with Gasteiger partial charge >= 0.3 is 0 Å². The van der Waals surface area contributed by atoms with Crippen molar-refractivity contribution in [3.63, 3.8) is 0 Å². The molecule has 0 saturated carbocycles. The minimum atomic E-state index is 0.340. The zero-order chi connectivity index (χ0) is 20.1. The molecular weight excluding hydrogens is 306 g/mol. The average molecular weight is 350 g/mol. The van der Waals surface area contributed by atoms with Gasteiger partial charge in [0.1, 0.15) is 5.78 Å². The lowest BCUT2D eigenvalue weighted by Crippen LogP contribution is -2.02. The number of ketones is 1. The second-order valence-corrected chi connectivity index (χ2v) is 5.92. The molecule has 0 aliphatic rings. The van der Waals surface area contributed by atoms with Crippen LogP contribution in [0.5, 0.6) is 0 Å². The minimum absolute atomic E-state index is 0.340. The Morgan fingerprint density at radius 1 is 1.08 bits per heavy atom. The van der Waals surface area contributed by atoms with Gasteiger partial charge in [-0.2, -0.15) is 0 Å². The topological polar surface area (TPSA) is 29.4 Å². The first kappa shape index (κ1) is 28.4. The first-order chi connectivity index (χ1) is 11.9. The first-order valence-electron chi connectivity index (χ1n) is 10.00. The number of carbonyl (C=O) groups is 1. The molecular formula is C23H43NO. The molecule has 0 fully saturated rings. The fourth-order valence-electron chi connectivity index (χ4n) is 2.25. The predicted octanol–water partition coefficient (Wildman–Crippen LogP) is 7.70. The van der Waals surface area contributed by atoms with Crippen LogP contribution >= 0.6 is 0 Å². The Morgan fingerprint density at radius 3 is 1.92 bits per heavy atom. The van der Waals surface area contributed by atoms with Gasteiger partial charge in [-0.3, -0.25) is 4.99 Å². The summed E-state index contributed by atoms with van der Waals surface area (Å²) in [5, 5.41) is 0. The van der Waals surface area contributed by atoms with E-state index in [4.69, 9.17) is 0 Å². The lowest BCUT2D eigenvalue weighted by Gasteiger charge is -2.13. The van der Waals surface area contributed by atoms with E-state index in [9.17, 15) is 4.79 Å². The second kappa shape index (κ2) is 22.6. The number of nitrogens with zero attached hydrogens (tertiary/aromatic N) is 1. The van der Waals surface area contributed by atoms with E-state index in [2.05, 4.69) is 44.1 Å². The molecule has 0 unspecified atom stereocenters. The Morgan fingerprint density at radius 2 is 1.60 bits per heavy atom. The molecule has 0 aliphatic heterocycles. The van der Waals surface area contributed by atoms with Crippen molar-refractivity contribution >= 4 is 12.0 Å². The summed E-state index contributed by atoms with van der Waals surface area (Å²) >= 11 is 0. The predicted molar refractivity (Wildman–Crippen MR) is 115 cm³/mol. The van der Waals surface area contributed by atoms with Crippen molar-refractivity contribution in [2.75, 3.05) is 0 Å². The largest absolute Gasteiger partial charge is 0.300 e. The van der Waals surface area contributed by atoms with Crippen molar-refractivity contribution in [2.45, 2.75) is 100 Å². The lowest BCUT2D eigenvalue weighted by atomic mass is 9.93. The molecule has 0 N–H and O–H groups in total. The van der Waals surface area contributed by atoms with E-state index < -0.39 is 0 Å². The quantitative estimate of drug-likeness (QED) is 0.293. The van der Waals surface area contributed by atoms with Crippen LogP contribution in [0.2, 0.25) is 0 Å². The fraction of sp³-hybridized carbons (Fsp3) is 0.696. The van der Waals surface area contributed by atoms with E-state index in [1.165, 1.54) is 31.3 Å². The highest BCUT2D eigenvalue weighted by Gasteiger charge is 2.07. The van der Waals surface area contributed by atoms with Gasteiger partial charge in [0.2, 0.25) is 0 Å². The third-order valence-corrected chi connectivity index (χ3v) is 3.76. The average Bonchev–Trinajstić information content (AvgIpc) is 2.63. The Labute approximate surface area is 158 Å². The van der Waals surface area contributed by atoms with Crippen LogP contribution in [0.1, 0.15) is 100 Å². The van der Waals surface area contributed by atoms with Gasteiger partial charge in [-0.25, -0.2) is 0 Å². The van der Waals surface area contributed by atoms with Crippen LogP contribution < -0.4 is 0 Å². The Kier molecular flexibility index (Phi) is 25.7. The summed E-state index contributed by atoms with van der Waals surface area (Å²) in [5.41, 5.74) is 4.78. The molecule has 0 aromatic heterocycles. The third kappa shape index (κ3) is 22.6. The van der Waals surface area contributed by atoms with E-state index in [1.54, 1.807) is 6.92 Å². The van der Waals surface area contributed by atoms with Crippen molar-refractivity contribution in [1.82, 2.24) is 0 Å². The van der Waals surface area contributed by atoms with Crippen molar-refractivity contribution in [1.29, 1.82) is 0 Å². The van der Waals surface area contributed by atoms with Crippen LogP contribution in [0.4, 0.5) is 0 Å². The summed E-state index contributed by atoms with van der Waals surface area (Å²) in [6.07, 6.45) is 11.9. The summed E-state index contributed by atoms with van der Waals surface area (Å²) in [7, 11) is 0. The molecule has 0 aromatic rings. The van der Waals surface area contributed by atoms with Gasteiger partial charge in [-0.15, -0.1) is 5.73 Å². The number of Topliss-reactive ketones (excluding diaryl/α,β-unsaturated/α-hetero) is 1. The molecule has 146 valence electrons. The zero-order valence-corrected chi connectivity index (χ0v) is 18.2.